The molecule has 1 aromatic heterocycles. The lowest BCUT2D eigenvalue weighted by Gasteiger charge is -2.29. The van der Waals surface area contributed by atoms with Gasteiger partial charge in [-0.25, -0.2) is 4.98 Å². The topological polar surface area (TPSA) is 49.2 Å². The summed E-state index contributed by atoms with van der Waals surface area (Å²) >= 11 is 1.44. The first-order valence-corrected chi connectivity index (χ1v) is 5.82. The largest absolute Gasteiger partial charge is 0.391 e. The lowest BCUT2D eigenvalue weighted by Crippen LogP contribution is -2.38. The molecule has 1 N–H and O–H groups in total. The van der Waals surface area contributed by atoms with Gasteiger partial charge >= 0.3 is 0 Å². The van der Waals surface area contributed by atoms with E-state index in [1.807, 2.05) is 0 Å². The molecule has 2 rings (SSSR count). The van der Waals surface area contributed by atoms with Gasteiger partial charge in [0.05, 0.1) is 6.10 Å². The van der Waals surface area contributed by atoms with Crippen molar-refractivity contribution in [2.24, 2.45) is 0 Å². The molecule has 78 valence electrons. The predicted molar refractivity (Wildman–Crippen MR) is 56.7 cm³/mol. The zero-order chi connectivity index (χ0) is 9.97. The van der Waals surface area contributed by atoms with Gasteiger partial charge < -0.3 is 10.0 Å². The second-order valence-electron chi connectivity index (χ2n) is 3.59. The molecule has 1 fully saturated rings. The van der Waals surface area contributed by atoms with Gasteiger partial charge in [-0.15, -0.1) is 0 Å². The Kier molecular flexibility index (Phi) is 2.98. The molecule has 1 atom stereocenters. The van der Waals surface area contributed by atoms with E-state index in [2.05, 4.69) is 21.2 Å². The van der Waals surface area contributed by atoms with Crippen molar-refractivity contribution in [1.82, 2.24) is 9.36 Å². The van der Waals surface area contributed by atoms with Crippen LogP contribution in [0.2, 0.25) is 0 Å². The molecule has 0 radical (unpaired) electrons. The molecule has 0 spiro atoms. The highest BCUT2D eigenvalue weighted by molar-refractivity contribution is 7.09. The molecular weight excluding hydrogens is 198 g/mol. The van der Waals surface area contributed by atoms with Crippen LogP contribution in [0.5, 0.6) is 0 Å². The van der Waals surface area contributed by atoms with Crippen molar-refractivity contribution < 1.29 is 5.11 Å². The Morgan fingerprint density at radius 1 is 1.64 bits per heavy atom. The van der Waals surface area contributed by atoms with E-state index in [0.29, 0.717) is 6.54 Å². The van der Waals surface area contributed by atoms with E-state index in [0.717, 1.165) is 36.8 Å². The van der Waals surface area contributed by atoms with Crippen molar-refractivity contribution in [3.05, 3.63) is 5.82 Å². The number of aliphatic hydroxyl groups is 1. The quantitative estimate of drug-likeness (QED) is 0.798. The van der Waals surface area contributed by atoms with Gasteiger partial charge in [-0.3, -0.25) is 0 Å². The smallest absolute Gasteiger partial charge is 0.205 e. The minimum atomic E-state index is -0.197. The minimum absolute atomic E-state index is 0.197. The summed E-state index contributed by atoms with van der Waals surface area (Å²) in [7, 11) is 0. The minimum Gasteiger partial charge on any atom is -0.391 e. The molecule has 1 aromatic rings. The molecular formula is C9H15N3OS. The molecule has 14 heavy (non-hydrogen) atoms. The van der Waals surface area contributed by atoms with Crippen LogP contribution >= 0.6 is 11.5 Å². The van der Waals surface area contributed by atoms with E-state index in [-0.39, 0.29) is 6.10 Å². The molecule has 4 nitrogen and oxygen atoms in total. The summed E-state index contributed by atoms with van der Waals surface area (Å²) in [4.78, 5) is 6.54. The van der Waals surface area contributed by atoms with Gasteiger partial charge in [-0.05, 0) is 12.8 Å². The Hall–Kier alpha value is -0.680. The van der Waals surface area contributed by atoms with E-state index >= 15 is 0 Å². The van der Waals surface area contributed by atoms with Crippen molar-refractivity contribution in [3.63, 3.8) is 0 Å². The van der Waals surface area contributed by atoms with Gasteiger partial charge in [-0.1, -0.05) is 6.92 Å². The first kappa shape index (κ1) is 9.86. The summed E-state index contributed by atoms with van der Waals surface area (Å²) in [5.41, 5.74) is 0. The molecule has 0 aliphatic carbocycles. The summed E-state index contributed by atoms with van der Waals surface area (Å²) in [6.07, 6.45) is 2.64. The van der Waals surface area contributed by atoms with E-state index in [1.165, 1.54) is 11.5 Å². The van der Waals surface area contributed by atoms with Gasteiger partial charge in [0.1, 0.15) is 5.82 Å². The molecule has 0 aromatic carbocycles. The molecule has 2 heterocycles. The van der Waals surface area contributed by atoms with Crippen molar-refractivity contribution in [3.8, 4) is 0 Å². The predicted octanol–water partition coefficient (Wildman–Crippen LogP) is 1.06. The van der Waals surface area contributed by atoms with Crippen molar-refractivity contribution >= 4 is 16.7 Å². The highest BCUT2D eigenvalue weighted by Gasteiger charge is 2.20. The maximum Gasteiger partial charge on any atom is 0.205 e. The van der Waals surface area contributed by atoms with Crippen LogP contribution in [0.1, 0.15) is 25.6 Å². The number of hydrogen-bond donors (Lipinski definition) is 1. The average molecular weight is 213 g/mol. The average Bonchev–Trinajstić information content (AvgIpc) is 2.66. The molecule has 1 saturated heterocycles. The fourth-order valence-corrected chi connectivity index (χ4v) is 2.43. The summed E-state index contributed by atoms with van der Waals surface area (Å²) in [5, 5.41) is 10.5. The van der Waals surface area contributed by atoms with Crippen molar-refractivity contribution in [2.45, 2.75) is 32.3 Å². The van der Waals surface area contributed by atoms with Crippen LogP contribution in [0.3, 0.4) is 0 Å². The molecule has 0 bridgehead atoms. The number of piperidine rings is 1. The lowest BCUT2D eigenvalue weighted by molar-refractivity contribution is 0.154. The van der Waals surface area contributed by atoms with E-state index in [1.54, 1.807) is 0 Å². The van der Waals surface area contributed by atoms with Gasteiger partial charge in [0.2, 0.25) is 5.13 Å². The maximum atomic E-state index is 9.52. The Morgan fingerprint density at radius 3 is 3.14 bits per heavy atom. The van der Waals surface area contributed by atoms with Crippen LogP contribution in [-0.2, 0) is 6.42 Å². The third-order valence-corrected chi connectivity index (χ3v) is 3.26. The monoisotopic (exact) mass is 213 g/mol. The number of nitrogens with zero attached hydrogens (tertiary/aromatic N) is 3. The fraction of sp³-hybridized carbons (Fsp3) is 0.778. The second kappa shape index (κ2) is 4.23. The first-order chi connectivity index (χ1) is 6.79. The number of rotatable bonds is 2. The number of aromatic nitrogens is 2. The lowest BCUT2D eigenvalue weighted by atomic mass is 10.1. The number of hydrogen-bond acceptors (Lipinski definition) is 5. The molecule has 1 unspecified atom stereocenters. The van der Waals surface area contributed by atoms with E-state index < -0.39 is 0 Å². The SMILES string of the molecule is CCc1nsc(N2CCCC(O)C2)n1. The summed E-state index contributed by atoms with van der Waals surface area (Å²) in [5.74, 6) is 0.907. The van der Waals surface area contributed by atoms with Gasteiger partial charge in [-0.2, -0.15) is 4.37 Å². The van der Waals surface area contributed by atoms with Crippen LogP contribution in [0.15, 0.2) is 0 Å². The number of anilines is 1. The van der Waals surface area contributed by atoms with E-state index in [9.17, 15) is 5.11 Å². The first-order valence-electron chi connectivity index (χ1n) is 5.05. The standard InChI is InChI=1S/C9H15N3OS/c1-2-8-10-9(14-11-8)12-5-3-4-7(13)6-12/h7,13H,2-6H2,1H3. The third-order valence-electron chi connectivity index (χ3n) is 2.44. The zero-order valence-electron chi connectivity index (χ0n) is 8.31. The van der Waals surface area contributed by atoms with Gasteiger partial charge in [0.25, 0.3) is 0 Å². The Morgan fingerprint density at radius 2 is 2.50 bits per heavy atom. The molecule has 5 heteroatoms. The van der Waals surface area contributed by atoms with E-state index in [4.69, 9.17) is 0 Å². The normalized spacial score (nSPS) is 22.7. The van der Waals surface area contributed by atoms with Crippen molar-refractivity contribution in [1.29, 1.82) is 0 Å². The molecule has 1 aliphatic heterocycles. The fourth-order valence-electron chi connectivity index (χ4n) is 1.65. The number of aryl methyl sites for hydroxylation is 1. The molecule has 0 saturated carbocycles. The highest BCUT2D eigenvalue weighted by atomic mass is 32.1. The summed E-state index contributed by atoms with van der Waals surface area (Å²) in [6.45, 7) is 3.75. The van der Waals surface area contributed by atoms with Crippen LogP contribution in [-0.4, -0.2) is 33.7 Å². The van der Waals surface area contributed by atoms with Gasteiger partial charge in [0, 0.05) is 31.0 Å². The zero-order valence-corrected chi connectivity index (χ0v) is 9.13. The van der Waals surface area contributed by atoms with Crippen molar-refractivity contribution in [2.75, 3.05) is 18.0 Å². The highest BCUT2D eigenvalue weighted by Crippen LogP contribution is 2.21. The van der Waals surface area contributed by atoms with Crippen LogP contribution < -0.4 is 4.90 Å². The maximum absolute atomic E-state index is 9.52. The molecule has 1 aliphatic rings. The van der Waals surface area contributed by atoms with Crippen LogP contribution in [0.25, 0.3) is 0 Å². The second-order valence-corrected chi connectivity index (χ2v) is 4.32. The summed E-state index contributed by atoms with van der Waals surface area (Å²) in [6, 6.07) is 0. The van der Waals surface area contributed by atoms with Gasteiger partial charge in [0.15, 0.2) is 0 Å². The summed E-state index contributed by atoms with van der Waals surface area (Å²) < 4.78 is 4.24. The Bertz CT molecular complexity index is 302. The van der Waals surface area contributed by atoms with Crippen LogP contribution in [0.4, 0.5) is 5.13 Å². The third kappa shape index (κ3) is 2.04. The number of β-amino-alcohol motifs (C(OH)–C–C–N with tert-alkyl or cyclic N) is 1. The molecule has 0 amide bonds. The Labute approximate surface area is 87.8 Å². The van der Waals surface area contributed by atoms with Crippen LogP contribution in [0, 0.1) is 0 Å². The number of aliphatic hydroxyl groups excluding tert-OH is 1. The Balaban J connectivity index is 2.06.